The number of hydrogen-bond acceptors (Lipinski definition) is 3. The topological polar surface area (TPSA) is 68.5 Å². The summed E-state index contributed by atoms with van der Waals surface area (Å²) >= 11 is 0. The molecule has 0 spiro atoms. The van der Waals surface area contributed by atoms with Gasteiger partial charge in [0, 0.05) is 12.1 Å². The monoisotopic (exact) mass is 181 g/mol. The molecule has 0 amide bonds. The second kappa shape index (κ2) is 2.62. The number of hydrogen-bond donors (Lipinski definition) is 1. The SMILES string of the molecule is O=C(O)c1cc2n(c(=O)c1)CCO2. The first-order chi connectivity index (χ1) is 6.18. The lowest BCUT2D eigenvalue weighted by Gasteiger charge is -2.00. The Labute approximate surface area is 73.2 Å². The smallest absolute Gasteiger partial charge is 0.336 e. The zero-order chi connectivity index (χ0) is 9.42. The number of fused-ring (bicyclic) bond motifs is 1. The highest BCUT2D eigenvalue weighted by Gasteiger charge is 2.16. The molecule has 1 aliphatic heterocycles. The maximum absolute atomic E-state index is 11.3. The van der Waals surface area contributed by atoms with E-state index in [4.69, 9.17) is 9.84 Å². The van der Waals surface area contributed by atoms with Crippen LogP contribution in [-0.4, -0.2) is 22.2 Å². The fourth-order valence-electron chi connectivity index (χ4n) is 1.28. The molecule has 5 heteroatoms. The second-order valence-corrected chi connectivity index (χ2v) is 2.73. The fraction of sp³-hybridized carbons (Fsp3) is 0.250. The van der Waals surface area contributed by atoms with Gasteiger partial charge in [-0.2, -0.15) is 0 Å². The number of ether oxygens (including phenoxy) is 1. The zero-order valence-corrected chi connectivity index (χ0v) is 6.69. The van der Waals surface area contributed by atoms with Crippen LogP contribution in [0.3, 0.4) is 0 Å². The predicted octanol–water partition coefficient (Wildman–Crippen LogP) is -0.0611. The molecule has 0 aliphatic carbocycles. The van der Waals surface area contributed by atoms with E-state index in [1.165, 1.54) is 10.6 Å². The minimum absolute atomic E-state index is 0.0295. The normalized spacial score (nSPS) is 13.5. The van der Waals surface area contributed by atoms with Gasteiger partial charge < -0.3 is 9.84 Å². The average Bonchev–Trinajstić information content (AvgIpc) is 2.51. The van der Waals surface area contributed by atoms with E-state index in [0.29, 0.717) is 19.0 Å². The van der Waals surface area contributed by atoms with Crippen molar-refractivity contribution in [3.05, 3.63) is 28.0 Å². The van der Waals surface area contributed by atoms with Gasteiger partial charge in [-0.05, 0) is 0 Å². The van der Waals surface area contributed by atoms with E-state index < -0.39 is 5.97 Å². The molecule has 0 saturated carbocycles. The van der Waals surface area contributed by atoms with Crippen molar-refractivity contribution in [1.29, 1.82) is 0 Å². The number of aromatic nitrogens is 1. The molecule has 0 radical (unpaired) electrons. The minimum Gasteiger partial charge on any atom is -0.478 e. The summed E-state index contributed by atoms with van der Waals surface area (Å²) in [5.41, 5.74) is -0.356. The van der Waals surface area contributed by atoms with Crippen molar-refractivity contribution in [3.63, 3.8) is 0 Å². The average molecular weight is 181 g/mol. The van der Waals surface area contributed by atoms with E-state index >= 15 is 0 Å². The molecule has 2 rings (SSSR count). The van der Waals surface area contributed by atoms with E-state index in [1.807, 2.05) is 0 Å². The highest BCUT2D eigenvalue weighted by molar-refractivity contribution is 5.87. The molecule has 68 valence electrons. The van der Waals surface area contributed by atoms with Crippen molar-refractivity contribution in [1.82, 2.24) is 4.57 Å². The van der Waals surface area contributed by atoms with Crippen molar-refractivity contribution in [2.75, 3.05) is 6.61 Å². The third kappa shape index (κ3) is 1.18. The van der Waals surface area contributed by atoms with Crippen LogP contribution < -0.4 is 10.3 Å². The Balaban J connectivity index is 2.62. The molecular weight excluding hydrogens is 174 g/mol. The summed E-state index contributed by atoms with van der Waals surface area (Å²) in [6.07, 6.45) is 0. The third-order valence-corrected chi connectivity index (χ3v) is 1.90. The van der Waals surface area contributed by atoms with Crippen molar-refractivity contribution >= 4 is 5.97 Å². The van der Waals surface area contributed by atoms with Crippen LogP contribution in [0, 0.1) is 0 Å². The summed E-state index contributed by atoms with van der Waals surface area (Å²) in [6.45, 7) is 0.923. The van der Waals surface area contributed by atoms with Crippen molar-refractivity contribution in [2.24, 2.45) is 0 Å². The number of rotatable bonds is 1. The Bertz CT molecular complexity index is 421. The Kier molecular flexibility index (Phi) is 1.58. The van der Waals surface area contributed by atoms with E-state index in [0.717, 1.165) is 6.07 Å². The van der Waals surface area contributed by atoms with Crippen molar-refractivity contribution < 1.29 is 14.6 Å². The molecule has 0 bridgehead atoms. The number of carboxylic acid groups (broad SMARTS) is 1. The fourth-order valence-corrected chi connectivity index (χ4v) is 1.28. The molecule has 0 fully saturated rings. The van der Waals surface area contributed by atoms with Crippen LogP contribution >= 0.6 is 0 Å². The lowest BCUT2D eigenvalue weighted by molar-refractivity contribution is 0.0696. The van der Waals surface area contributed by atoms with Crippen LogP contribution in [0.5, 0.6) is 5.88 Å². The summed E-state index contributed by atoms with van der Waals surface area (Å²) in [4.78, 5) is 21.8. The van der Waals surface area contributed by atoms with Crippen LogP contribution in [0.4, 0.5) is 0 Å². The maximum Gasteiger partial charge on any atom is 0.336 e. The van der Waals surface area contributed by atoms with Crippen LogP contribution in [0.25, 0.3) is 0 Å². The highest BCUT2D eigenvalue weighted by Crippen LogP contribution is 2.15. The maximum atomic E-state index is 11.3. The van der Waals surface area contributed by atoms with Gasteiger partial charge in [-0.25, -0.2) is 4.79 Å². The van der Waals surface area contributed by atoms with Gasteiger partial charge in [-0.3, -0.25) is 9.36 Å². The van der Waals surface area contributed by atoms with Crippen LogP contribution in [0.15, 0.2) is 16.9 Å². The Morgan fingerprint density at radius 3 is 3.00 bits per heavy atom. The van der Waals surface area contributed by atoms with Gasteiger partial charge in [0.15, 0.2) is 5.88 Å². The molecule has 1 aromatic heterocycles. The van der Waals surface area contributed by atoms with E-state index in [9.17, 15) is 9.59 Å². The molecular formula is C8H7NO4. The Hall–Kier alpha value is -1.78. The molecule has 0 saturated heterocycles. The largest absolute Gasteiger partial charge is 0.478 e. The van der Waals surface area contributed by atoms with Gasteiger partial charge in [-0.1, -0.05) is 0 Å². The minimum atomic E-state index is -1.11. The quantitative estimate of drug-likeness (QED) is 0.658. The number of carbonyl (C=O) groups is 1. The summed E-state index contributed by atoms with van der Waals surface area (Å²) in [7, 11) is 0. The van der Waals surface area contributed by atoms with Gasteiger partial charge >= 0.3 is 5.97 Å². The highest BCUT2D eigenvalue weighted by atomic mass is 16.5. The van der Waals surface area contributed by atoms with Crippen molar-refractivity contribution in [2.45, 2.75) is 6.54 Å². The van der Waals surface area contributed by atoms with Gasteiger partial charge in [0.2, 0.25) is 0 Å². The Morgan fingerprint density at radius 2 is 2.31 bits per heavy atom. The molecule has 1 N–H and O–H groups in total. The molecule has 13 heavy (non-hydrogen) atoms. The van der Waals surface area contributed by atoms with E-state index in [1.54, 1.807) is 0 Å². The number of pyridine rings is 1. The molecule has 0 atom stereocenters. The summed E-state index contributed by atoms with van der Waals surface area (Å²) in [5, 5.41) is 8.64. The third-order valence-electron chi connectivity index (χ3n) is 1.90. The summed E-state index contributed by atoms with van der Waals surface area (Å²) < 4.78 is 6.48. The van der Waals surface area contributed by atoms with Crippen LogP contribution in [0.1, 0.15) is 10.4 Å². The first-order valence-corrected chi connectivity index (χ1v) is 3.79. The summed E-state index contributed by atoms with van der Waals surface area (Å²) in [6, 6.07) is 2.46. The standard InChI is InChI=1S/C8H7NO4/c10-6-3-5(8(11)12)4-7-9(6)1-2-13-7/h3-4H,1-2H2,(H,11,12). The number of aromatic carboxylic acids is 1. The Morgan fingerprint density at radius 1 is 1.54 bits per heavy atom. The number of carboxylic acids is 1. The van der Waals surface area contributed by atoms with E-state index in [-0.39, 0.29) is 11.1 Å². The van der Waals surface area contributed by atoms with Gasteiger partial charge in [0.1, 0.15) is 6.61 Å². The molecule has 0 aromatic carbocycles. The zero-order valence-electron chi connectivity index (χ0n) is 6.69. The molecule has 1 aromatic rings. The van der Waals surface area contributed by atoms with Gasteiger partial charge in [0.05, 0.1) is 12.1 Å². The van der Waals surface area contributed by atoms with Crippen LogP contribution in [0.2, 0.25) is 0 Å². The molecule has 5 nitrogen and oxygen atoms in total. The lowest BCUT2D eigenvalue weighted by Crippen LogP contribution is -2.18. The molecule has 0 unspecified atom stereocenters. The first-order valence-electron chi connectivity index (χ1n) is 3.79. The molecule has 1 aliphatic rings. The van der Waals surface area contributed by atoms with Gasteiger partial charge in [-0.15, -0.1) is 0 Å². The first kappa shape index (κ1) is 7.85. The second-order valence-electron chi connectivity index (χ2n) is 2.73. The predicted molar refractivity (Wildman–Crippen MR) is 43.2 cm³/mol. The molecule has 2 heterocycles. The van der Waals surface area contributed by atoms with Crippen LogP contribution in [-0.2, 0) is 6.54 Å². The van der Waals surface area contributed by atoms with Crippen molar-refractivity contribution in [3.8, 4) is 5.88 Å². The van der Waals surface area contributed by atoms with Gasteiger partial charge in [0.25, 0.3) is 5.56 Å². The van der Waals surface area contributed by atoms with E-state index in [2.05, 4.69) is 0 Å². The lowest BCUT2D eigenvalue weighted by atomic mass is 10.2. The summed E-state index contributed by atoms with van der Waals surface area (Å²) in [5.74, 6) is -0.777. The number of nitrogens with zero attached hydrogens (tertiary/aromatic N) is 1.